The van der Waals surface area contributed by atoms with Gasteiger partial charge in [0.15, 0.2) is 11.6 Å². The summed E-state index contributed by atoms with van der Waals surface area (Å²) in [5.74, 6) is -1.21. The molecule has 0 spiro atoms. The van der Waals surface area contributed by atoms with E-state index in [1.54, 1.807) is 18.2 Å². The zero-order valence-electron chi connectivity index (χ0n) is 22.6. The molecule has 0 aliphatic heterocycles. The zero-order chi connectivity index (χ0) is 26.9. The van der Waals surface area contributed by atoms with Crippen LogP contribution < -0.4 is 4.74 Å². The van der Waals surface area contributed by atoms with Crippen LogP contribution in [0.2, 0.25) is 0 Å². The standard InChI is InChI=1S/C33H39F3O2/c1-3-5-21-38-28-17-14-26(31(34)22-28)11-8-23-6-9-24(10-7-23)29-18-19-30(33(36)32(29)35)25-12-15-27(16-13-25)37-20-4-2/h6-7,9-10,14,17-19,22,25,27H,3-5,8,11-13,15-16,20-21H2,1-2H3. The highest BCUT2D eigenvalue weighted by Gasteiger charge is 2.26. The average Bonchev–Trinajstić information content (AvgIpc) is 2.94. The molecule has 1 fully saturated rings. The number of ether oxygens (including phenoxy) is 2. The highest BCUT2D eigenvalue weighted by Crippen LogP contribution is 2.38. The van der Waals surface area contributed by atoms with Gasteiger partial charge >= 0.3 is 0 Å². The molecule has 1 aliphatic carbocycles. The Morgan fingerprint density at radius 1 is 0.763 bits per heavy atom. The van der Waals surface area contributed by atoms with Gasteiger partial charge in [0.25, 0.3) is 0 Å². The van der Waals surface area contributed by atoms with Crippen LogP contribution in [-0.2, 0) is 17.6 Å². The van der Waals surface area contributed by atoms with Crippen molar-refractivity contribution in [2.24, 2.45) is 0 Å². The van der Waals surface area contributed by atoms with Crippen molar-refractivity contribution >= 4 is 0 Å². The van der Waals surface area contributed by atoms with Crippen LogP contribution >= 0.6 is 0 Å². The van der Waals surface area contributed by atoms with E-state index in [1.807, 2.05) is 30.3 Å². The Labute approximate surface area is 225 Å². The van der Waals surface area contributed by atoms with Gasteiger partial charge in [0.05, 0.1) is 12.7 Å². The largest absolute Gasteiger partial charge is 0.493 e. The van der Waals surface area contributed by atoms with E-state index in [0.29, 0.717) is 41.9 Å². The van der Waals surface area contributed by atoms with Crippen molar-refractivity contribution in [2.45, 2.75) is 83.7 Å². The minimum atomic E-state index is -0.789. The van der Waals surface area contributed by atoms with E-state index in [0.717, 1.165) is 57.1 Å². The molecule has 2 nitrogen and oxygen atoms in total. The third-order valence-electron chi connectivity index (χ3n) is 7.52. The van der Waals surface area contributed by atoms with Crippen LogP contribution in [0.3, 0.4) is 0 Å². The fraction of sp³-hybridized carbons (Fsp3) is 0.455. The monoisotopic (exact) mass is 524 g/mol. The summed E-state index contributed by atoms with van der Waals surface area (Å²) >= 11 is 0. The van der Waals surface area contributed by atoms with Gasteiger partial charge in [0, 0.05) is 18.2 Å². The Bertz CT molecular complexity index is 1170. The number of rotatable bonds is 12. The van der Waals surface area contributed by atoms with Gasteiger partial charge in [-0.3, -0.25) is 0 Å². The second kappa shape index (κ2) is 13.8. The summed E-state index contributed by atoms with van der Waals surface area (Å²) in [5, 5.41) is 0. The van der Waals surface area contributed by atoms with Gasteiger partial charge in [0.1, 0.15) is 11.6 Å². The average molecular weight is 525 g/mol. The molecule has 5 heteroatoms. The number of unbranched alkanes of at least 4 members (excludes halogenated alkanes) is 1. The van der Waals surface area contributed by atoms with Crippen molar-refractivity contribution in [1.82, 2.24) is 0 Å². The van der Waals surface area contributed by atoms with Gasteiger partial charge < -0.3 is 9.47 Å². The summed E-state index contributed by atoms with van der Waals surface area (Å²) in [4.78, 5) is 0. The Morgan fingerprint density at radius 2 is 1.53 bits per heavy atom. The molecule has 0 atom stereocenters. The van der Waals surface area contributed by atoms with Crippen LogP contribution in [0, 0.1) is 17.5 Å². The summed E-state index contributed by atoms with van der Waals surface area (Å²) in [7, 11) is 0. The van der Waals surface area contributed by atoms with Crippen LogP contribution in [-0.4, -0.2) is 19.3 Å². The molecule has 4 rings (SSSR count). The molecule has 3 aromatic carbocycles. The third-order valence-corrected chi connectivity index (χ3v) is 7.52. The normalized spacial score (nSPS) is 17.5. The maximum absolute atomic E-state index is 15.1. The topological polar surface area (TPSA) is 18.5 Å². The van der Waals surface area contributed by atoms with Crippen LogP contribution in [0.5, 0.6) is 5.75 Å². The van der Waals surface area contributed by atoms with Crippen LogP contribution in [0.25, 0.3) is 11.1 Å². The molecule has 0 amide bonds. The van der Waals surface area contributed by atoms with E-state index in [9.17, 15) is 4.39 Å². The first-order chi connectivity index (χ1) is 18.5. The Morgan fingerprint density at radius 3 is 2.21 bits per heavy atom. The van der Waals surface area contributed by atoms with Crippen LogP contribution in [0.4, 0.5) is 13.2 Å². The predicted molar refractivity (Wildman–Crippen MR) is 147 cm³/mol. The van der Waals surface area contributed by atoms with E-state index in [1.165, 1.54) is 6.07 Å². The molecule has 0 unspecified atom stereocenters. The van der Waals surface area contributed by atoms with Crippen molar-refractivity contribution in [3.05, 3.63) is 88.7 Å². The van der Waals surface area contributed by atoms with E-state index >= 15 is 8.78 Å². The molecule has 0 radical (unpaired) electrons. The summed E-state index contributed by atoms with van der Waals surface area (Å²) in [6, 6.07) is 15.9. The van der Waals surface area contributed by atoms with Gasteiger partial charge in [-0.25, -0.2) is 13.2 Å². The van der Waals surface area contributed by atoms with Gasteiger partial charge in [0.2, 0.25) is 0 Å². The summed E-state index contributed by atoms with van der Waals surface area (Å²) in [6.07, 6.45) is 7.78. The molecular weight excluding hydrogens is 485 g/mol. The van der Waals surface area contributed by atoms with Crippen LogP contribution in [0.1, 0.15) is 81.4 Å². The van der Waals surface area contributed by atoms with Gasteiger partial charge in [-0.2, -0.15) is 0 Å². The van der Waals surface area contributed by atoms with E-state index in [4.69, 9.17) is 9.47 Å². The second-order valence-electron chi connectivity index (χ2n) is 10.3. The molecule has 1 saturated carbocycles. The lowest BCUT2D eigenvalue weighted by Gasteiger charge is -2.29. The highest BCUT2D eigenvalue weighted by atomic mass is 19.2. The smallest absolute Gasteiger partial charge is 0.166 e. The SMILES string of the molecule is CCCCOc1ccc(CCc2ccc(-c3ccc(C4CCC(OCCC)CC4)c(F)c3F)cc2)c(F)c1. The van der Waals surface area contributed by atoms with Crippen molar-refractivity contribution in [3.8, 4) is 16.9 Å². The molecule has 0 saturated heterocycles. The maximum atomic E-state index is 15.1. The van der Waals surface area contributed by atoms with Gasteiger partial charge in [-0.15, -0.1) is 0 Å². The molecule has 38 heavy (non-hydrogen) atoms. The number of halogens is 3. The Kier molecular flexibility index (Phi) is 10.3. The van der Waals surface area contributed by atoms with Crippen molar-refractivity contribution < 1.29 is 22.6 Å². The molecule has 1 aliphatic rings. The molecule has 0 heterocycles. The molecule has 0 aromatic heterocycles. The molecule has 204 valence electrons. The first-order valence-corrected chi connectivity index (χ1v) is 14.1. The van der Waals surface area contributed by atoms with Crippen LogP contribution in [0.15, 0.2) is 54.6 Å². The Balaban J connectivity index is 1.36. The summed E-state index contributed by atoms with van der Waals surface area (Å²) in [6.45, 7) is 5.52. The number of hydrogen-bond donors (Lipinski definition) is 0. The van der Waals surface area contributed by atoms with Gasteiger partial charge in [-0.1, -0.05) is 62.7 Å². The first kappa shape index (κ1) is 28.2. The van der Waals surface area contributed by atoms with Crippen molar-refractivity contribution in [3.63, 3.8) is 0 Å². The highest BCUT2D eigenvalue weighted by molar-refractivity contribution is 5.65. The van der Waals surface area contributed by atoms with Crippen molar-refractivity contribution in [1.29, 1.82) is 0 Å². The number of benzene rings is 3. The molecule has 0 bridgehead atoms. The lowest BCUT2D eigenvalue weighted by atomic mass is 9.82. The number of hydrogen-bond acceptors (Lipinski definition) is 2. The van der Waals surface area contributed by atoms with Gasteiger partial charge in [-0.05, 0) is 85.6 Å². The molecule has 0 N–H and O–H groups in total. The fourth-order valence-corrected chi connectivity index (χ4v) is 5.21. The zero-order valence-corrected chi connectivity index (χ0v) is 22.6. The molecular formula is C33H39F3O2. The minimum Gasteiger partial charge on any atom is -0.493 e. The van der Waals surface area contributed by atoms with E-state index in [-0.39, 0.29) is 23.4 Å². The lowest BCUT2D eigenvalue weighted by Crippen LogP contribution is -2.21. The maximum Gasteiger partial charge on any atom is 0.166 e. The van der Waals surface area contributed by atoms with E-state index < -0.39 is 11.6 Å². The first-order valence-electron chi connectivity index (χ1n) is 14.1. The predicted octanol–water partition coefficient (Wildman–Crippen LogP) is 9.19. The second-order valence-corrected chi connectivity index (χ2v) is 10.3. The third kappa shape index (κ3) is 7.19. The Hall–Kier alpha value is -2.79. The number of aryl methyl sites for hydroxylation is 2. The fourth-order valence-electron chi connectivity index (χ4n) is 5.21. The minimum absolute atomic E-state index is 0.0276. The van der Waals surface area contributed by atoms with Crippen molar-refractivity contribution in [2.75, 3.05) is 13.2 Å². The lowest BCUT2D eigenvalue weighted by molar-refractivity contribution is 0.0249. The molecule has 3 aromatic rings. The summed E-state index contributed by atoms with van der Waals surface area (Å²) in [5.41, 5.74) is 3.01. The summed E-state index contributed by atoms with van der Waals surface area (Å²) < 4.78 is 56.2. The quantitative estimate of drug-likeness (QED) is 0.220. The van der Waals surface area contributed by atoms with E-state index in [2.05, 4.69) is 13.8 Å².